The van der Waals surface area contributed by atoms with E-state index in [0.29, 0.717) is 6.61 Å². The van der Waals surface area contributed by atoms with Crippen molar-refractivity contribution in [1.82, 2.24) is 4.90 Å². The summed E-state index contributed by atoms with van der Waals surface area (Å²) in [7, 11) is -1.88. The lowest BCUT2D eigenvalue weighted by molar-refractivity contribution is 0.0704. The fraction of sp³-hybridized carbons (Fsp3) is 0.824. The topological polar surface area (TPSA) is 70.0 Å². The summed E-state index contributed by atoms with van der Waals surface area (Å²) < 4.78 is 6.25. The van der Waals surface area contributed by atoms with Gasteiger partial charge in [-0.2, -0.15) is 0 Å². The first-order valence-corrected chi connectivity index (χ1v) is 11.5. The summed E-state index contributed by atoms with van der Waals surface area (Å²) in [5.74, 6) is 0.174. The molecule has 2 unspecified atom stereocenters. The van der Waals surface area contributed by atoms with Gasteiger partial charge >= 0.3 is 6.09 Å². The molecule has 2 atom stereocenters. The van der Waals surface area contributed by atoms with E-state index in [4.69, 9.17) is 4.43 Å². The van der Waals surface area contributed by atoms with Gasteiger partial charge in [0.15, 0.2) is 8.32 Å². The number of nitrogens with zero attached hydrogens (tertiary/aromatic N) is 1. The molecule has 1 rings (SSSR count). The first kappa shape index (κ1) is 20.2. The van der Waals surface area contributed by atoms with E-state index in [2.05, 4.69) is 33.9 Å². The van der Waals surface area contributed by atoms with Crippen LogP contribution in [0.3, 0.4) is 0 Å². The van der Waals surface area contributed by atoms with Gasteiger partial charge in [0.2, 0.25) is 0 Å². The number of hydrogen-bond acceptors (Lipinski definition) is 3. The van der Waals surface area contributed by atoms with Gasteiger partial charge in [0.25, 0.3) is 0 Å². The Labute approximate surface area is 141 Å². The van der Waals surface area contributed by atoms with Gasteiger partial charge in [0, 0.05) is 0 Å². The summed E-state index contributed by atoms with van der Waals surface area (Å²) in [5.41, 5.74) is 1.15. The Bertz CT molecular complexity index is 454. The molecule has 1 aliphatic heterocycles. The van der Waals surface area contributed by atoms with E-state index in [1.807, 2.05) is 13.8 Å². The number of β-amino-alcohol motifs (C(OH)–C–C–N with tert-alkyl or cyclic N) is 1. The van der Waals surface area contributed by atoms with E-state index in [1.165, 1.54) is 4.90 Å². The van der Waals surface area contributed by atoms with Crippen molar-refractivity contribution >= 4 is 14.4 Å². The van der Waals surface area contributed by atoms with E-state index in [0.717, 1.165) is 11.6 Å². The van der Waals surface area contributed by atoms with E-state index in [1.54, 1.807) is 6.08 Å². The molecule has 0 aromatic carbocycles. The summed E-state index contributed by atoms with van der Waals surface area (Å²) in [6.45, 7) is 15.5. The quantitative estimate of drug-likeness (QED) is 0.591. The summed E-state index contributed by atoms with van der Waals surface area (Å²) in [6, 6.07) is 0.714. The van der Waals surface area contributed by atoms with Crippen LogP contribution in [0.15, 0.2) is 11.6 Å². The fourth-order valence-corrected chi connectivity index (χ4v) is 6.77. The third-order valence-electron chi connectivity index (χ3n) is 4.03. The number of carbonyl (C=O) groups is 1. The molecule has 5 nitrogen and oxygen atoms in total. The Morgan fingerprint density at radius 2 is 2.00 bits per heavy atom. The Kier molecular flexibility index (Phi) is 6.46. The van der Waals surface area contributed by atoms with Gasteiger partial charge in [-0.25, -0.2) is 4.79 Å². The lowest BCUT2D eigenvalue weighted by Crippen LogP contribution is -2.52. The SMILES string of the molecule is CC(C)C1=CC(O)CN(C(=O)O)C1CO[Si](C)(C)CC(C)(C)C. The molecule has 6 heteroatoms. The molecule has 0 spiro atoms. The van der Waals surface area contributed by atoms with Crippen LogP contribution in [-0.4, -0.2) is 54.8 Å². The normalized spacial score (nSPS) is 23.2. The van der Waals surface area contributed by atoms with Crippen LogP contribution >= 0.6 is 0 Å². The number of carboxylic acid groups (broad SMARTS) is 1. The van der Waals surface area contributed by atoms with Gasteiger partial charge in [-0.15, -0.1) is 0 Å². The van der Waals surface area contributed by atoms with E-state index >= 15 is 0 Å². The summed E-state index contributed by atoms with van der Waals surface area (Å²) >= 11 is 0. The van der Waals surface area contributed by atoms with Crippen molar-refractivity contribution in [2.24, 2.45) is 11.3 Å². The predicted molar refractivity (Wildman–Crippen MR) is 95.1 cm³/mol. The summed E-state index contributed by atoms with van der Waals surface area (Å²) in [4.78, 5) is 12.9. The predicted octanol–water partition coefficient (Wildman–Crippen LogP) is 3.56. The number of rotatable bonds is 5. The van der Waals surface area contributed by atoms with Crippen LogP contribution in [0.5, 0.6) is 0 Å². The first-order valence-electron chi connectivity index (χ1n) is 8.35. The maximum absolute atomic E-state index is 11.6. The summed E-state index contributed by atoms with van der Waals surface area (Å²) in [6.07, 6.45) is 0.0648. The minimum absolute atomic E-state index is 0.112. The number of hydrogen-bond donors (Lipinski definition) is 2. The molecule has 0 aromatic heterocycles. The molecule has 0 aliphatic carbocycles. The molecular weight excluding hydrogens is 310 g/mol. The van der Waals surface area contributed by atoms with Gasteiger partial charge in [-0.05, 0) is 36.0 Å². The molecular formula is C17H33NO4Si. The molecule has 134 valence electrons. The molecule has 23 heavy (non-hydrogen) atoms. The third kappa shape index (κ3) is 6.28. The van der Waals surface area contributed by atoms with Crippen molar-refractivity contribution in [2.75, 3.05) is 13.2 Å². The molecule has 0 fully saturated rings. The lowest BCUT2D eigenvalue weighted by atomic mass is 9.90. The highest BCUT2D eigenvalue weighted by Gasteiger charge is 2.36. The zero-order valence-electron chi connectivity index (χ0n) is 15.6. The summed E-state index contributed by atoms with van der Waals surface area (Å²) in [5, 5.41) is 19.4. The third-order valence-corrected chi connectivity index (χ3v) is 6.89. The van der Waals surface area contributed by atoms with Gasteiger partial charge in [0.1, 0.15) is 0 Å². The second-order valence-electron chi connectivity index (χ2n) is 8.65. The number of amides is 1. The zero-order chi connectivity index (χ0) is 18.0. The molecule has 2 N–H and O–H groups in total. The van der Waals surface area contributed by atoms with Crippen molar-refractivity contribution in [3.05, 3.63) is 11.6 Å². The van der Waals surface area contributed by atoms with E-state index in [-0.39, 0.29) is 23.9 Å². The second-order valence-corrected chi connectivity index (χ2v) is 12.8. The Hall–Kier alpha value is -0.853. The van der Waals surface area contributed by atoms with Gasteiger partial charge in [-0.3, -0.25) is 4.90 Å². The molecule has 0 radical (unpaired) electrons. The molecule has 1 heterocycles. The standard InChI is InChI=1S/C17H33NO4Si/c1-12(2)14-8-13(19)9-18(16(20)21)15(14)10-22-23(6,7)11-17(3,4)5/h8,12-13,15,19H,9-11H2,1-7H3,(H,20,21). The Morgan fingerprint density at radius 1 is 1.43 bits per heavy atom. The highest BCUT2D eigenvalue weighted by Crippen LogP contribution is 2.30. The van der Waals surface area contributed by atoms with Crippen molar-refractivity contribution in [2.45, 2.75) is 65.9 Å². The van der Waals surface area contributed by atoms with Crippen molar-refractivity contribution in [3.63, 3.8) is 0 Å². The average molecular weight is 344 g/mol. The van der Waals surface area contributed by atoms with Gasteiger partial charge in [-0.1, -0.05) is 40.7 Å². The minimum atomic E-state index is -1.88. The number of aliphatic hydroxyl groups is 1. The van der Waals surface area contributed by atoms with Crippen LogP contribution in [0.1, 0.15) is 34.6 Å². The highest BCUT2D eigenvalue weighted by molar-refractivity contribution is 6.71. The highest BCUT2D eigenvalue weighted by atomic mass is 28.4. The molecule has 0 saturated heterocycles. The molecule has 1 aliphatic rings. The largest absolute Gasteiger partial charge is 0.465 e. The minimum Gasteiger partial charge on any atom is -0.465 e. The van der Waals surface area contributed by atoms with Crippen LogP contribution < -0.4 is 0 Å². The van der Waals surface area contributed by atoms with Gasteiger partial charge < -0.3 is 14.6 Å². The fourth-order valence-electron chi connectivity index (χ4n) is 3.50. The van der Waals surface area contributed by atoms with Crippen LogP contribution in [0.25, 0.3) is 0 Å². The van der Waals surface area contributed by atoms with Crippen LogP contribution in [0, 0.1) is 11.3 Å². The van der Waals surface area contributed by atoms with Crippen molar-refractivity contribution < 1.29 is 19.4 Å². The lowest BCUT2D eigenvalue weighted by Gasteiger charge is -2.40. The van der Waals surface area contributed by atoms with Crippen molar-refractivity contribution in [1.29, 1.82) is 0 Å². The zero-order valence-corrected chi connectivity index (χ0v) is 16.6. The average Bonchev–Trinajstić information content (AvgIpc) is 2.33. The molecule has 0 saturated carbocycles. The van der Waals surface area contributed by atoms with Crippen molar-refractivity contribution in [3.8, 4) is 0 Å². The second kappa shape index (κ2) is 7.36. The Morgan fingerprint density at radius 3 is 2.43 bits per heavy atom. The molecule has 0 aromatic rings. The molecule has 1 amide bonds. The monoisotopic (exact) mass is 343 g/mol. The number of aliphatic hydroxyl groups excluding tert-OH is 1. The van der Waals surface area contributed by atoms with Crippen LogP contribution in [-0.2, 0) is 4.43 Å². The van der Waals surface area contributed by atoms with E-state index < -0.39 is 20.5 Å². The van der Waals surface area contributed by atoms with Crippen LogP contribution in [0.4, 0.5) is 4.79 Å². The smallest absolute Gasteiger partial charge is 0.407 e. The van der Waals surface area contributed by atoms with Gasteiger partial charge in [0.05, 0.1) is 25.3 Å². The molecule has 0 bridgehead atoms. The first-order chi connectivity index (χ1) is 10.3. The van der Waals surface area contributed by atoms with E-state index in [9.17, 15) is 15.0 Å². The van der Waals surface area contributed by atoms with Crippen LogP contribution in [0.2, 0.25) is 19.1 Å². The Balaban J connectivity index is 2.91. The maximum atomic E-state index is 11.6. The maximum Gasteiger partial charge on any atom is 0.407 e.